The lowest BCUT2D eigenvalue weighted by atomic mass is 10.0. The van der Waals surface area contributed by atoms with E-state index in [0.29, 0.717) is 19.4 Å². The molecule has 0 radical (unpaired) electrons. The van der Waals surface area contributed by atoms with Gasteiger partial charge in [-0.1, -0.05) is 280 Å². The maximum atomic E-state index is 12.5. The first-order valence-electron chi connectivity index (χ1n) is 32.1. The Morgan fingerprint density at radius 3 is 1.07 bits per heavy atom. The first kappa shape index (κ1) is 70.6. The van der Waals surface area contributed by atoms with E-state index in [1.54, 1.807) is 6.08 Å². The largest absolute Gasteiger partial charge is 0.466 e. The molecule has 0 saturated heterocycles. The van der Waals surface area contributed by atoms with Crippen LogP contribution in [0.1, 0.15) is 328 Å². The SMILES string of the molecule is CCCCC/C=C\C/C=C\CCCCCCCC(=O)OCCCCCCCCCCC/C=C\C/C=C\CCCCCCCCCCCCCC(=O)NC(CO)C(O)/C=C/CCCCCCCCCCCCCC. The van der Waals surface area contributed by atoms with E-state index in [0.717, 1.165) is 57.8 Å². The molecule has 0 rings (SSSR count). The summed E-state index contributed by atoms with van der Waals surface area (Å²) in [5.74, 6) is -0.0755. The molecule has 0 heterocycles. The van der Waals surface area contributed by atoms with E-state index in [4.69, 9.17) is 4.74 Å². The Morgan fingerprint density at radius 2 is 0.685 bits per heavy atom. The molecule has 0 aliphatic heterocycles. The van der Waals surface area contributed by atoms with Crippen LogP contribution in [0.4, 0.5) is 0 Å². The van der Waals surface area contributed by atoms with Crippen molar-refractivity contribution in [1.82, 2.24) is 5.32 Å². The normalized spacial score (nSPS) is 13.0. The van der Waals surface area contributed by atoms with Gasteiger partial charge < -0.3 is 20.3 Å². The van der Waals surface area contributed by atoms with Crippen LogP contribution >= 0.6 is 0 Å². The van der Waals surface area contributed by atoms with Crippen molar-refractivity contribution in [2.24, 2.45) is 0 Å². The van der Waals surface area contributed by atoms with Gasteiger partial charge in [-0.25, -0.2) is 0 Å². The molecule has 1 amide bonds. The quantitative estimate of drug-likeness (QED) is 0.0320. The fourth-order valence-corrected chi connectivity index (χ4v) is 9.58. The van der Waals surface area contributed by atoms with Crippen LogP contribution in [0.2, 0.25) is 0 Å². The van der Waals surface area contributed by atoms with Gasteiger partial charge in [0.1, 0.15) is 0 Å². The van der Waals surface area contributed by atoms with E-state index in [1.165, 1.54) is 244 Å². The van der Waals surface area contributed by atoms with Gasteiger partial charge in [-0.05, 0) is 96.3 Å². The predicted molar refractivity (Wildman–Crippen MR) is 319 cm³/mol. The Hall–Kier alpha value is -2.44. The second-order valence-electron chi connectivity index (χ2n) is 21.7. The van der Waals surface area contributed by atoms with Gasteiger partial charge in [0.15, 0.2) is 0 Å². The van der Waals surface area contributed by atoms with Crippen LogP contribution in [0.25, 0.3) is 0 Å². The summed E-state index contributed by atoms with van der Waals surface area (Å²) < 4.78 is 5.47. The first-order valence-corrected chi connectivity index (χ1v) is 32.1. The van der Waals surface area contributed by atoms with Crippen molar-refractivity contribution in [2.45, 2.75) is 341 Å². The molecule has 73 heavy (non-hydrogen) atoms. The third-order valence-corrected chi connectivity index (χ3v) is 14.5. The molecule has 0 bridgehead atoms. The summed E-state index contributed by atoms with van der Waals surface area (Å²) in [4.78, 5) is 24.5. The fraction of sp³-hybridized carbons (Fsp3) is 0.821. The van der Waals surface area contributed by atoms with Crippen molar-refractivity contribution in [3.63, 3.8) is 0 Å². The topological polar surface area (TPSA) is 95.9 Å². The summed E-state index contributed by atoms with van der Waals surface area (Å²) in [5.41, 5.74) is 0. The molecule has 2 unspecified atom stereocenters. The third kappa shape index (κ3) is 58.7. The van der Waals surface area contributed by atoms with Crippen molar-refractivity contribution in [3.8, 4) is 0 Å². The Morgan fingerprint density at radius 1 is 0.384 bits per heavy atom. The summed E-state index contributed by atoms with van der Waals surface area (Å²) in [6, 6.07) is -0.631. The highest BCUT2D eigenvalue weighted by molar-refractivity contribution is 5.76. The highest BCUT2D eigenvalue weighted by Gasteiger charge is 2.18. The lowest BCUT2D eigenvalue weighted by molar-refractivity contribution is -0.143. The number of aliphatic hydroxyl groups is 2. The lowest BCUT2D eigenvalue weighted by Gasteiger charge is -2.20. The number of esters is 1. The Kier molecular flexibility index (Phi) is 60.0. The molecule has 0 fully saturated rings. The molecule has 6 nitrogen and oxygen atoms in total. The zero-order valence-electron chi connectivity index (χ0n) is 48.6. The number of rotatable bonds is 59. The number of allylic oxidation sites excluding steroid dienone is 9. The first-order chi connectivity index (χ1) is 36.0. The number of amides is 1. The van der Waals surface area contributed by atoms with Crippen LogP contribution in [-0.4, -0.2) is 47.4 Å². The van der Waals surface area contributed by atoms with Gasteiger partial charge in [0.2, 0.25) is 5.91 Å². The smallest absolute Gasteiger partial charge is 0.305 e. The molecule has 0 aliphatic carbocycles. The van der Waals surface area contributed by atoms with E-state index < -0.39 is 12.1 Å². The standard InChI is InChI=1S/C67H123NO5/c1-3-5-7-9-11-13-15-17-32-37-41-45-49-53-57-61-67(72)73-62-58-54-50-46-42-38-34-31-29-27-25-23-21-19-20-22-24-26-28-30-33-36-40-44-48-52-56-60-66(71)68-64(63-69)65(70)59-55-51-47-43-39-35-18-16-14-12-10-8-6-4-2/h11,13,17,19-20,23,25,32,55,59,64-65,69-70H,3-10,12,14-16,18,21-22,24,26-31,33-54,56-58,60-63H2,1-2H3,(H,68,71)/b13-11-,20-19-,25-23-,32-17-,59-55+. The zero-order chi connectivity index (χ0) is 52.9. The minimum atomic E-state index is -0.847. The summed E-state index contributed by atoms with van der Waals surface area (Å²) in [6.45, 7) is 4.87. The van der Waals surface area contributed by atoms with Crippen molar-refractivity contribution in [3.05, 3.63) is 60.8 Å². The van der Waals surface area contributed by atoms with Gasteiger partial charge in [0.25, 0.3) is 0 Å². The third-order valence-electron chi connectivity index (χ3n) is 14.5. The molecule has 3 N–H and O–H groups in total. The maximum Gasteiger partial charge on any atom is 0.305 e. The van der Waals surface area contributed by atoms with Crippen LogP contribution < -0.4 is 5.32 Å². The minimum absolute atomic E-state index is 0.00432. The molecule has 2 atom stereocenters. The van der Waals surface area contributed by atoms with Gasteiger partial charge in [-0.15, -0.1) is 0 Å². The Bertz CT molecular complexity index is 1270. The van der Waals surface area contributed by atoms with Crippen molar-refractivity contribution < 1.29 is 24.5 Å². The van der Waals surface area contributed by atoms with Crippen LogP contribution in [0.3, 0.4) is 0 Å². The molecule has 0 aliphatic rings. The van der Waals surface area contributed by atoms with Gasteiger partial charge in [0.05, 0.1) is 25.4 Å². The van der Waals surface area contributed by atoms with Crippen LogP contribution in [0.5, 0.6) is 0 Å². The summed E-state index contributed by atoms with van der Waals surface area (Å²) in [5, 5.41) is 23.1. The van der Waals surface area contributed by atoms with Crippen molar-refractivity contribution >= 4 is 11.9 Å². The fourth-order valence-electron chi connectivity index (χ4n) is 9.58. The van der Waals surface area contributed by atoms with Gasteiger partial charge in [0, 0.05) is 12.8 Å². The summed E-state index contributed by atoms with van der Waals surface area (Å²) in [7, 11) is 0. The van der Waals surface area contributed by atoms with E-state index in [-0.39, 0.29) is 18.5 Å². The average Bonchev–Trinajstić information content (AvgIpc) is 3.39. The molecule has 426 valence electrons. The van der Waals surface area contributed by atoms with Gasteiger partial charge in [-0.2, -0.15) is 0 Å². The molecule has 0 aromatic carbocycles. The number of carbonyl (C=O) groups is 2. The van der Waals surface area contributed by atoms with Crippen LogP contribution in [0.15, 0.2) is 60.8 Å². The van der Waals surface area contributed by atoms with Crippen molar-refractivity contribution in [2.75, 3.05) is 13.2 Å². The average molecular weight is 1020 g/mol. The van der Waals surface area contributed by atoms with E-state index >= 15 is 0 Å². The summed E-state index contributed by atoms with van der Waals surface area (Å²) in [6.07, 6.45) is 81.2. The van der Waals surface area contributed by atoms with Crippen LogP contribution in [-0.2, 0) is 14.3 Å². The number of hydrogen-bond acceptors (Lipinski definition) is 5. The number of ether oxygens (including phenoxy) is 1. The summed E-state index contributed by atoms with van der Waals surface area (Å²) >= 11 is 0. The number of unbranched alkanes of at least 4 members (excludes halogenated alkanes) is 40. The Labute approximate surface area is 454 Å². The maximum absolute atomic E-state index is 12.5. The number of aliphatic hydroxyl groups excluding tert-OH is 2. The monoisotopic (exact) mass is 1020 g/mol. The molecule has 0 spiro atoms. The van der Waals surface area contributed by atoms with Crippen molar-refractivity contribution in [1.29, 1.82) is 0 Å². The second-order valence-corrected chi connectivity index (χ2v) is 21.7. The lowest BCUT2D eigenvalue weighted by Crippen LogP contribution is -2.45. The number of nitrogens with one attached hydrogen (secondary N) is 1. The molecular weight excluding hydrogens is 899 g/mol. The minimum Gasteiger partial charge on any atom is -0.466 e. The zero-order valence-corrected chi connectivity index (χ0v) is 48.6. The molecule has 0 aromatic heterocycles. The van der Waals surface area contributed by atoms with E-state index in [2.05, 4.69) is 67.8 Å². The Balaban J connectivity index is 3.45. The number of carbonyl (C=O) groups excluding carboxylic acids is 2. The van der Waals surface area contributed by atoms with Gasteiger partial charge >= 0.3 is 5.97 Å². The highest BCUT2D eigenvalue weighted by Crippen LogP contribution is 2.16. The van der Waals surface area contributed by atoms with E-state index in [1.807, 2.05) is 6.08 Å². The van der Waals surface area contributed by atoms with E-state index in [9.17, 15) is 19.8 Å². The highest BCUT2D eigenvalue weighted by atomic mass is 16.5. The molecular formula is C67H123NO5. The molecule has 0 saturated carbocycles. The molecule has 6 heteroatoms. The van der Waals surface area contributed by atoms with Gasteiger partial charge in [-0.3, -0.25) is 9.59 Å². The molecule has 0 aromatic rings. The second kappa shape index (κ2) is 62.1. The predicted octanol–water partition coefficient (Wildman–Crippen LogP) is 20.3. The van der Waals surface area contributed by atoms with Crippen LogP contribution in [0, 0.1) is 0 Å². The number of hydrogen-bond donors (Lipinski definition) is 3.